The van der Waals surface area contributed by atoms with Crippen molar-refractivity contribution in [1.82, 2.24) is 0 Å². The second-order valence-corrected chi connectivity index (χ2v) is 4.00. The SMILES string of the molecule is CCc1csc(Br)c1N. The Balaban J connectivity index is 3.04. The number of aryl methyl sites for hydroxylation is 1. The zero-order valence-electron chi connectivity index (χ0n) is 5.15. The molecule has 0 aliphatic rings. The first-order chi connectivity index (χ1) is 4.25. The highest BCUT2D eigenvalue weighted by molar-refractivity contribution is 9.11. The molecule has 0 bridgehead atoms. The largest absolute Gasteiger partial charge is 0.397 e. The molecule has 0 fully saturated rings. The fourth-order valence-electron chi connectivity index (χ4n) is 0.650. The number of rotatable bonds is 1. The van der Waals surface area contributed by atoms with Crippen molar-refractivity contribution in [3.8, 4) is 0 Å². The Morgan fingerprint density at radius 3 is 2.67 bits per heavy atom. The van der Waals surface area contributed by atoms with Gasteiger partial charge in [0.1, 0.15) is 0 Å². The van der Waals surface area contributed by atoms with Gasteiger partial charge in [-0.05, 0) is 33.3 Å². The molecule has 0 aliphatic heterocycles. The van der Waals surface area contributed by atoms with Crippen molar-refractivity contribution in [3.05, 3.63) is 14.7 Å². The molecule has 0 amide bonds. The van der Waals surface area contributed by atoms with E-state index < -0.39 is 0 Å². The Labute approximate surface area is 67.0 Å². The van der Waals surface area contributed by atoms with Gasteiger partial charge in [-0.15, -0.1) is 11.3 Å². The van der Waals surface area contributed by atoms with Crippen LogP contribution in [-0.4, -0.2) is 0 Å². The zero-order chi connectivity index (χ0) is 6.85. The van der Waals surface area contributed by atoms with E-state index in [9.17, 15) is 0 Å². The molecule has 1 nitrogen and oxygen atoms in total. The van der Waals surface area contributed by atoms with Gasteiger partial charge in [-0.2, -0.15) is 0 Å². The number of hydrogen-bond donors (Lipinski definition) is 1. The summed E-state index contributed by atoms with van der Waals surface area (Å²) in [6, 6.07) is 0. The van der Waals surface area contributed by atoms with Gasteiger partial charge in [-0.3, -0.25) is 0 Å². The molecule has 1 aromatic rings. The lowest BCUT2D eigenvalue weighted by Crippen LogP contribution is -1.86. The number of nitrogen functional groups attached to an aromatic ring is 1. The van der Waals surface area contributed by atoms with Crippen molar-refractivity contribution >= 4 is 33.0 Å². The predicted molar refractivity (Wildman–Crippen MR) is 45.8 cm³/mol. The number of nitrogens with two attached hydrogens (primary N) is 1. The van der Waals surface area contributed by atoms with Crippen LogP contribution in [0.15, 0.2) is 9.17 Å². The monoisotopic (exact) mass is 205 g/mol. The molecule has 50 valence electrons. The summed E-state index contributed by atoms with van der Waals surface area (Å²) >= 11 is 5.00. The number of halogens is 1. The van der Waals surface area contributed by atoms with E-state index in [1.165, 1.54) is 5.56 Å². The maximum atomic E-state index is 5.68. The number of anilines is 1. The molecular formula is C6H8BrNS. The lowest BCUT2D eigenvalue weighted by atomic mass is 10.2. The van der Waals surface area contributed by atoms with Crippen LogP contribution < -0.4 is 5.73 Å². The van der Waals surface area contributed by atoms with E-state index >= 15 is 0 Å². The van der Waals surface area contributed by atoms with Crippen LogP contribution in [0.2, 0.25) is 0 Å². The lowest BCUT2D eigenvalue weighted by molar-refractivity contribution is 1.16. The Morgan fingerprint density at radius 1 is 1.78 bits per heavy atom. The predicted octanol–water partition coefficient (Wildman–Crippen LogP) is 2.66. The summed E-state index contributed by atoms with van der Waals surface area (Å²) < 4.78 is 1.05. The molecule has 0 radical (unpaired) electrons. The molecule has 1 rings (SSSR count). The molecule has 0 atom stereocenters. The van der Waals surface area contributed by atoms with E-state index in [0.29, 0.717) is 0 Å². The molecule has 9 heavy (non-hydrogen) atoms. The van der Waals surface area contributed by atoms with Gasteiger partial charge in [-0.25, -0.2) is 0 Å². The van der Waals surface area contributed by atoms with Crippen LogP contribution in [0.25, 0.3) is 0 Å². The summed E-state index contributed by atoms with van der Waals surface area (Å²) in [5, 5.41) is 2.08. The number of thiophene rings is 1. The van der Waals surface area contributed by atoms with Gasteiger partial charge in [0.15, 0.2) is 0 Å². The van der Waals surface area contributed by atoms with Crippen LogP contribution in [0.1, 0.15) is 12.5 Å². The Kier molecular flexibility index (Phi) is 2.13. The molecule has 0 aliphatic carbocycles. The smallest absolute Gasteiger partial charge is 0.0930 e. The van der Waals surface area contributed by atoms with Crippen molar-refractivity contribution in [2.45, 2.75) is 13.3 Å². The molecule has 0 aromatic carbocycles. The topological polar surface area (TPSA) is 26.0 Å². The average Bonchev–Trinajstić information content (AvgIpc) is 2.15. The standard InChI is InChI=1S/C6H8BrNS/c1-2-4-3-9-6(7)5(4)8/h3H,2,8H2,1H3. The third kappa shape index (κ3) is 1.27. The third-order valence-corrected chi connectivity index (χ3v) is 3.06. The summed E-state index contributed by atoms with van der Waals surface area (Å²) in [6.07, 6.45) is 1.02. The second kappa shape index (κ2) is 2.71. The highest BCUT2D eigenvalue weighted by Crippen LogP contribution is 2.30. The number of hydrogen-bond acceptors (Lipinski definition) is 2. The summed E-state index contributed by atoms with van der Waals surface area (Å²) in [5.41, 5.74) is 7.82. The lowest BCUT2D eigenvalue weighted by Gasteiger charge is -1.91. The molecule has 0 saturated carbocycles. The summed E-state index contributed by atoms with van der Waals surface area (Å²) in [6.45, 7) is 2.10. The molecule has 0 spiro atoms. The van der Waals surface area contributed by atoms with E-state index in [0.717, 1.165) is 15.9 Å². The van der Waals surface area contributed by atoms with E-state index in [4.69, 9.17) is 5.73 Å². The van der Waals surface area contributed by atoms with Crippen LogP contribution >= 0.6 is 27.3 Å². The fraction of sp³-hybridized carbons (Fsp3) is 0.333. The summed E-state index contributed by atoms with van der Waals surface area (Å²) in [7, 11) is 0. The Hall–Kier alpha value is -0.0200. The van der Waals surface area contributed by atoms with Crippen LogP contribution in [0.5, 0.6) is 0 Å². The fourth-order valence-corrected chi connectivity index (χ4v) is 1.98. The zero-order valence-corrected chi connectivity index (χ0v) is 7.55. The van der Waals surface area contributed by atoms with Crippen LogP contribution in [-0.2, 0) is 6.42 Å². The van der Waals surface area contributed by atoms with Crippen molar-refractivity contribution < 1.29 is 0 Å². The Bertz CT molecular complexity index is 207. The van der Waals surface area contributed by atoms with Gasteiger partial charge in [0.2, 0.25) is 0 Å². The summed E-state index contributed by atoms with van der Waals surface area (Å²) in [4.78, 5) is 0. The maximum Gasteiger partial charge on any atom is 0.0930 e. The van der Waals surface area contributed by atoms with Crippen molar-refractivity contribution in [1.29, 1.82) is 0 Å². The van der Waals surface area contributed by atoms with Gasteiger partial charge in [-0.1, -0.05) is 6.92 Å². The molecule has 2 N–H and O–H groups in total. The minimum absolute atomic E-state index is 0.905. The van der Waals surface area contributed by atoms with E-state index in [1.54, 1.807) is 11.3 Å². The van der Waals surface area contributed by atoms with Crippen molar-refractivity contribution in [3.63, 3.8) is 0 Å². The van der Waals surface area contributed by atoms with E-state index in [2.05, 4.69) is 28.2 Å². The minimum atomic E-state index is 0.905. The highest BCUT2D eigenvalue weighted by Gasteiger charge is 2.01. The first-order valence-electron chi connectivity index (χ1n) is 2.77. The van der Waals surface area contributed by atoms with Gasteiger partial charge in [0.25, 0.3) is 0 Å². The normalized spacial score (nSPS) is 10.0. The molecular weight excluding hydrogens is 198 g/mol. The average molecular weight is 206 g/mol. The van der Waals surface area contributed by atoms with Gasteiger partial charge in [0, 0.05) is 0 Å². The molecule has 0 unspecified atom stereocenters. The van der Waals surface area contributed by atoms with Crippen LogP contribution in [0.4, 0.5) is 5.69 Å². The van der Waals surface area contributed by atoms with Crippen molar-refractivity contribution in [2.75, 3.05) is 5.73 Å². The third-order valence-electron chi connectivity index (χ3n) is 1.24. The van der Waals surface area contributed by atoms with E-state index in [1.807, 2.05) is 0 Å². The van der Waals surface area contributed by atoms with Crippen LogP contribution in [0.3, 0.4) is 0 Å². The van der Waals surface area contributed by atoms with Crippen LogP contribution in [0, 0.1) is 0 Å². The first kappa shape index (κ1) is 7.09. The molecule has 0 saturated heterocycles. The van der Waals surface area contributed by atoms with Gasteiger partial charge in [0.05, 0.1) is 9.47 Å². The van der Waals surface area contributed by atoms with Crippen molar-refractivity contribution in [2.24, 2.45) is 0 Å². The molecule has 1 heterocycles. The molecule has 3 heteroatoms. The van der Waals surface area contributed by atoms with E-state index in [-0.39, 0.29) is 0 Å². The quantitative estimate of drug-likeness (QED) is 0.750. The summed E-state index contributed by atoms with van der Waals surface area (Å²) in [5.74, 6) is 0. The minimum Gasteiger partial charge on any atom is -0.397 e. The van der Waals surface area contributed by atoms with Gasteiger partial charge >= 0.3 is 0 Å². The highest BCUT2D eigenvalue weighted by atomic mass is 79.9. The second-order valence-electron chi connectivity index (χ2n) is 1.80. The molecule has 1 aromatic heterocycles. The first-order valence-corrected chi connectivity index (χ1v) is 4.44. The van der Waals surface area contributed by atoms with Gasteiger partial charge < -0.3 is 5.73 Å². The Morgan fingerprint density at radius 2 is 2.44 bits per heavy atom. The maximum absolute atomic E-state index is 5.68.